The Morgan fingerprint density at radius 1 is 1.24 bits per heavy atom. The Hall–Kier alpha value is -3.23. The van der Waals surface area contributed by atoms with Crippen LogP contribution < -0.4 is 5.32 Å². The largest absolute Gasteiger partial charge is 0.419 e. The van der Waals surface area contributed by atoms with E-state index in [0.717, 1.165) is 23.3 Å². The molecule has 150 valence electrons. The Balaban J connectivity index is 1.58. The lowest BCUT2D eigenvalue weighted by atomic mass is 9.95. The molecule has 1 aliphatic carbocycles. The minimum absolute atomic E-state index is 0.0698. The van der Waals surface area contributed by atoms with Crippen LogP contribution in [-0.4, -0.2) is 21.1 Å². The number of alkyl halides is 3. The lowest BCUT2D eigenvalue weighted by Gasteiger charge is -2.13. The first-order valence-electron chi connectivity index (χ1n) is 8.96. The van der Waals surface area contributed by atoms with Crippen molar-refractivity contribution in [1.29, 1.82) is 0 Å². The smallest absolute Gasteiger partial charge is 0.311 e. The average molecular weight is 404 g/mol. The molecule has 2 N–H and O–H groups in total. The van der Waals surface area contributed by atoms with Crippen LogP contribution in [0.3, 0.4) is 0 Å². The summed E-state index contributed by atoms with van der Waals surface area (Å²) in [6, 6.07) is 4.52. The maximum Gasteiger partial charge on any atom is 0.419 e. The van der Waals surface area contributed by atoms with E-state index in [1.807, 2.05) is 0 Å². The van der Waals surface area contributed by atoms with Crippen molar-refractivity contribution in [2.75, 3.05) is 5.32 Å². The number of amides is 1. The van der Waals surface area contributed by atoms with Gasteiger partial charge in [-0.05, 0) is 47.6 Å². The second-order valence-corrected chi connectivity index (χ2v) is 6.91. The first-order valence-corrected chi connectivity index (χ1v) is 8.96. The Kier molecular flexibility index (Phi) is 4.81. The molecule has 0 aliphatic heterocycles. The number of hydrogen-bond donors (Lipinski definition) is 2. The molecular weight excluding hydrogens is 388 g/mol. The van der Waals surface area contributed by atoms with Crippen LogP contribution >= 0.6 is 0 Å². The third-order valence-electron chi connectivity index (χ3n) is 5.07. The number of nitrogens with zero attached hydrogens (tertiary/aromatic N) is 2. The van der Waals surface area contributed by atoms with Gasteiger partial charge in [-0.2, -0.15) is 18.3 Å². The number of fused-ring (bicyclic) bond motifs is 1. The molecule has 2 heterocycles. The minimum atomic E-state index is -4.74. The number of carbonyl (C=O) groups excluding carboxylic acids is 1. The third-order valence-corrected chi connectivity index (χ3v) is 5.07. The summed E-state index contributed by atoms with van der Waals surface area (Å²) in [5.74, 6) is -1.07. The zero-order chi connectivity index (χ0) is 20.6. The molecule has 9 heteroatoms. The van der Waals surface area contributed by atoms with Crippen molar-refractivity contribution in [2.45, 2.75) is 31.4 Å². The summed E-state index contributed by atoms with van der Waals surface area (Å²) in [6.07, 6.45) is 1.55. The van der Waals surface area contributed by atoms with Crippen LogP contribution in [0.25, 0.3) is 11.1 Å². The van der Waals surface area contributed by atoms with E-state index in [1.54, 1.807) is 12.3 Å². The van der Waals surface area contributed by atoms with Crippen molar-refractivity contribution >= 4 is 11.7 Å². The highest BCUT2D eigenvalue weighted by Gasteiger charge is 2.34. The molecule has 1 aromatic carbocycles. The van der Waals surface area contributed by atoms with E-state index in [0.29, 0.717) is 29.8 Å². The number of benzene rings is 1. The summed E-state index contributed by atoms with van der Waals surface area (Å²) in [7, 11) is 0. The van der Waals surface area contributed by atoms with Crippen LogP contribution in [0.2, 0.25) is 0 Å². The van der Waals surface area contributed by atoms with Gasteiger partial charge in [0.2, 0.25) is 5.91 Å². The number of carbonyl (C=O) groups is 1. The van der Waals surface area contributed by atoms with Gasteiger partial charge >= 0.3 is 6.18 Å². The van der Waals surface area contributed by atoms with Gasteiger partial charge in [0.1, 0.15) is 11.6 Å². The van der Waals surface area contributed by atoms with Gasteiger partial charge in [-0.25, -0.2) is 4.39 Å². The predicted octanol–water partition coefficient (Wildman–Crippen LogP) is 4.69. The standard InChI is InChI=1S/C20H16F4N4O/c21-17-7-11(2-4-16(17)20(22,23)24)14-9-25-10-15-12(1-3-13(14)15)8-19(29)27-18-5-6-26-28-18/h2,4-7,9-10,12H,1,3,8H2,(H2,26,27,28,29). The third kappa shape index (κ3) is 3.85. The molecule has 1 amide bonds. The van der Waals surface area contributed by atoms with Crippen molar-refractivity contribution in [3.8, 4) is 11.1 Å². The van der Waals surface area contributed by atoms with E-state index >= 15 is 0 Å². The molecule has 2 aromatic heterocycles. The fraction of sp³-hybridized carbons (Fsp3) is 0.250. The maximum absolute atomic E-state index is 14.0. The molecule has 0 fully saturated rings. The Morgan fingerprint density at radius 2 is 2.07 bits per heavy atom. The Morgan fingerprint density at radius 3 is 2.76 bits per heavy atom. The molecule has 0 saturated carbocycles. The molecule has 0 radical (unpaired) electrons. The van der Waals surface area contributed by atoms with Crippen LogP contribution in [0.1, 0.15) is 35.4 Å². The van der Waals surface area contributed by atoms with Gasteiger partial charge in [-0.1, -0.05) is 6.07 Å². The number of pyridine rings is 1. The topological polar surface area (TPSA) is 70.7 Å². The lowest BCUT2D eigenvalue weighted by Crippen LogP contribution is -2.15. The lowest BCUT2D eigenvalue weighted by molar-refractivity contribution is -0.140. The van der Waals surface area contributed by atoms with Crippen molar-refractivity contribution in [3.63, 3.8) is 0 Å². The quantitative estimate of drug-likeness (QED) is 0.620. The highest BCUT2D eigenvalue weighted by atomic mass is 19.4. The van der Waals surface area contributed by atoms with Gasteiger partial charge in [-0.3, -0.25) is 14.9 Å². The van der Waals surface area contributed by atoms with Gasteiger partial charge in [0, 0.05) is 30.4 Å². The summed E-state index contributed by atoms with van der Waals surface area (Å²) in [6.45, 7) is 0. The normalized spacial score (nSPS) is 15.9. The number of halogens is 4. The van der Waals surface area contributed by atoms with E-state index in [4.69, 9.17) is 0 Å². The van der Waals surface area contributed by atoms with Gasteiger partial charge in [0.15, 0.2) is 0 Å². The van der Waals surface area contributed by atoms with Gasteiger partial charge in [-0.15, -0.1) is 0 Å². The molecule has 4 rings (SSSR count). The van der Waals surface area contributed by atoms with E-state index in [1.165, 1.54) is 18.5 Å². The van der Waals surface area contributed by atoms with E-state index in [-0.39, 0.29) is 18.2 Å². The SMILES string of the molecule is O=C(CC1CCc2c(-c3ccc(C(F)(F)F)c(F)c3)cncc21)Nc1ccn[nH]1. The highest BCUT2D eigenvalue weighted by molar-refractivity contribution is 5.90. The number of anilines is 1. The van der Waals surface area contributed by atoms with E-state index < -0.39 is 17.6 Å². The zero-order valence-electron chi connectivity index (χ0n) is 15.1. The van der Waals surface area contributed by atoms with Crippen LogP contribution in [0.15, 0.2) is 42.9 Å². The molecule has 1 atom stereocenters. The zero-order valence-corrected chi connectivity index (χ0v) is 15.1. The average Bonchev–Trinajstić information content (AvgIpc) is 3.30. The van der Waals surface area contributed by atoms with E-state index in [2.05, 4.69) is 20.5 Å². The number of H-pyrrole nitrogens is 1. The molecule has 0 bridgehead atoms. The predicted molar refractivity (Wildman–Crippen MR) is 97.5 cm³/mol. The maximum atomic E-state index is 14.0. The Bertz CT molecular complexity index is 1050. The number of rotatable bonds is 4. The summed E-state index contributed by atoms with van der Waals surface area (Å²) < 4.78 is 52.5. The van der Waals surface area contributed by atoms with Gasteiger partial charge < -0.3 is 5.32 Å². The van der Waals surface area contributed by atoms with Gasteiger partial charge in [0.25, 0.3) is 0 Å². The molecule has 0 spiro atoms. The van der Waals surface area contributed by atoms with Crippen molar-refractivity contribution in [3.05, 3.63) is 65.4 Å². The summed E-state index contributed by atoms with van der Waals surface area (Å²) in [5.41, 5.74) is 1.38. The molecular formula is C20H16F4N4O. The molecule has 5 nitrogen and oxygen atoms in total. The fourth-order valence-electron chi connectivity index (χ4n) is 3.73. The van der Waals surface area contributed by atoms with Crippen LogP contribution in [0.5, 0.6) is 0 Å². The fourth-order valence-corrected chi connectivity index (χ4v) is 3.73. The first-order chi connectivity index (χ1) is 13.8. The minimum Gasteiger partial charge on any atom is -0.311 e. The molecule has 3 aromatic rings. The van der Waals surface area contributed by atoms with Crippen LogP contribution in [0.4, 0.5) is 23.4 Å². The second-order valence-electron chi connectivity index (χ2n) is 6.91. The van der Waals surface area contributed by atoms with E-state index in [9.17, 15) is 22.4 Å². The van der Waals surface area contributed by atoms with Crippen molar-refractivity contribution < 1.29 is 22.4 Å². The molecule has 1 aliphatic rings. The number of aromatic nitrogens is 3. The van der Waals surface area contributed by atoms with Crippen molar-refractivity contribution in [1.82, 2.24) is 15.2 Å². The number of nitrogens with one attached hydrogen (secondary N) is 2. The molecule has 1 unspecified atom stereocenters. The van der Waals surface area contributed by atoms with Gasteiger partial charge in [0.05, 0.1) is 11.8 Å². The van der Waals surface area contributed by atoms with Crippen LogP contribution in [-0.2, 0) is 17.4 Å². The Labute approximate surface area is 163 Å². The first kappa shape index (κ1) is 19.1. The number of aromatic amines is 1. The second kappa shape index (κ2) is 7.31. The summed E-state index contributed by atoms with van der Waals surface area (Å²) >= 11 is 0. The summed E-state index contributed by atoms with van der Waals surface area (Å²) in [5, 5.41) is 9.14. The van der Waals surface area contributed by atoms with Crippen molar-refractivity contribution in [2.24, 2.45) is 0 Å². The monoisotopic (exact) mass is 404 g/mol. The molecule has 0 saturated heterocycles. The summed E-state index contributed by atoms with van der Waals surface area (Å²) in [4.78, 5) is 16.4. The van der Waals surface area contributed by atoms with Crippen LogP contribution in [0, 0.1) is 5.82 Å². The molecule has 29 heavy (non-hydrogen) atoms. The number of hydrogen-bond acceptors (Lipinski definition) is 3. The highest BCUT2D eigenvalue weighted by Crippen LogP contribution is 2.41.